The molecule has 4 saturated heterocycles. The van der Waals surface area contributed by atoms with Gasteiger partial charge in [0, 0.05) is 19.0 Å². The lowest BCUT2D eigenvalue weighted by atomic mass is 9.92. The molecule has 11 heteroatoms. The number of hydrogen-bond donors (Lipinski definition) is 0. The molecule has 5 aliphatic rings. The van der Waals surface area contributed by atoms with Crippen molar-refractivity contribution in [2.45, 2.75) is 33.4 Å². The zero-order valence-corrected chi connectivity index (χ0v) is 18.6. The van der Waals surface area contributed by atoms with Crippen LogP contribution in [0.4, 0.5) is 10.1 Å². The fourth-order valence-electron chi connectivity index (χ4n) is 5.05. The molecule has 7 rings (SSSR count). The normalized spacial score (nSPS) is 33.5. The van der Waals surface area contributed by atoms with Gasteiger partial charge in [-0.2, -0.15) is 0 Å². The highest BCUT2D eigenvalue weighted by atomic mass is 33.1. The first kappa shape index (κ1) is 19.4. The van der Waals surface area contributed by atoms with Crippen molar-refractivity contribution >= 4 is 49.1 Å². The number of para-hydroxylation sites is 1. The maximum atomic E-state index is 16.9. The minimum atomic E-state index is -4.21. The lowest BCUT2D eigenvalue weighted by Crippen LogP contribution is -2.72. The summed E-state index contributed by atoms with van der Waals surface area (Å²) < 4.78 is 45.4. The molecule has 4 fully saturated rings. The van der Waals surface area contributed by atoms with Crippen molar-refractivity contribution in [2.75, 3.05) is 11.4 Å². The van der Waals surface area contributed by atoms with Crippen LogP contribution in [0.2, 0.25) is 0 Å². The van der Waals surface area contributed by atoms with E-state index in [-0.39, 0.29) is 28.5 Å². The zero-order chi connectivity index (χ0) is 21.8. The Balaban J connectivity index is 1.62. The molecule has 0 unspecified atom stereocenters. The Morgan fingerprint density at radius 2 is 1.74 bits per heavy atom. The third-order valence-electron chi connectivity index (χ3n) is 6.38. The van der Waals surface area contributed by atoms with Crippen LogP contribution in [0.3, 0.4) is 0 Å². The second-order valence-corrected chi connectivity index (χ2v) is 12.4. The molecule has 160 valence electrons. The topological polar surface area (TPSA) is 78.0 Å². The van der Waals surface area contributed by atoms with E-state index in [1.54, 1.807) is 42.5 Å². The highest BCUT2D eigenvalue weighted by Crippen LogP contribution is 2.68. The third kappa shape index (κ3) is 2.14. The molecule has 2 bridgehead atoms. The van der Waals surface area contributed by atoms with E-state index in [1.807, 2.05) is 0 Å². The van der Waals surface area contributed by atoms with Crippen molar-refractivity contribution in [2.24, 2.45) is 0 Å². The number of hydrogen-bond acceptors (Lipinski definition) is 6. The Morgan fingerprint density at radius 3 is 2.48 bits per heavy atom. The molecule has 0 radical (unpaired) electrons. The Hall–Kier alpha value is -2.24. The van der Waals surface area contributed by atoms with E-state index in [2.05, 4.69) is 0 Å². The molecule has 0 aromatic heterocycles. The summed E-state index contributed by atoms with van der Waals surface area (Å²) in [5.74, 6) is -0.821. The number of alkyl halides is 1. The smallest absolute Gasteiger partial charge is 0.266 e. The van der Waals surface area contributed by atoms with Crippen LogP contribution >= 0.6 is 21.6 Å². The molecule has 0 saturated carbocycles. The monoisotopic (exact) mass is 477 g/mol. The SMILES string of the molecule is CN1C(=O)[C@]23C[C@]4(F)c5ccccc5N(S(=O)(=O)c5ccccc5)[C@@H]4N2C(=O)[C@H]1SS3. The fraction of sp³-hybridized carbons (Fsp3) is 0.300. The number of anilines is 1. The number of carbonyl (C=O) groups is 2. The van der Waals surface area contributed by atoms with Gasteiger partial charge in [0.25, 0.3) is 21.8 Å². The third-order valence-corrected chi connectivity index (χ3v) is 11.4. The fourth-order valence-corrected chi connectivity index (χ4v) is 10.2. The maximum Gasteiger partial charge on any atom is 0.266 e. The molecule has 1 spiro atoms. The van der Waals surface area contributed by atoms with Crippen molar-refractivity contribution in [3.8, 4) is 0 Å². The Morgan fingerprint density at radius 1 is 1.06 bits per heavy atom. The van der Waals surface area contributed by atoms with Crippen molar-refractivity contribution in [3.05, 3.63) is 60.2 Å². The summed E-state index contributed by atoms with van der Waals surface area (Å²) in [4.78, 5) is 27.6. The van der Waals surface area contributed by atoms with E-state index in [1.165, 1.54) is 39.8 Å². The summed E-state index contributed by atoms with van der Waals surface area (Å²) >= 11 is 0. The van der Waals surface area contributed by atoms with Gasteiger partial charge in [-0.1, -0.05) is 58.0 Å². The quantitative estimate of drug-likeness (QED) is 0.619. The lowest BCUT2D eigenvalue weighted by molar-refractivity contribution is -0.158. The molecule has 5 aliphatic heterocycles. The van der Waals surface area contributed by atoms with Crippen LogP contribution in [-0.4, -0.2) is 53.5 Å². The van der Waals surface area contributed by atoms with Gasteiger partial charge in [-0.05, 0) is 18.2 Å². The van der Waals surface area contributed by atoms with Crippen LogP contribution in [0.25, 0.3) is 0 Å². The van der Waals surface area contributed by atoms with E-state index in [0.717, 1.165) is 15.1 Å². The Kier molecular flexibility index (Phi) is 3.74. The number of fused-ring (bicyclic) bond motifs is 5. The molecule has 2 amide bonds. The standard InChI is InChI=1S/C20H16FN3O4S3/c1-22-16-15(25)23-17-19(21,11-20(23,18(22)26)30-29-16)13-9-5-6-10-14(13)24(17)31(27,28)12-7-3-2-4-8-12/h2-10,16-17H,11H2,1H3/t16-,17+,19+,20-/m1/s1. The Bertz CT molecular complexity index is 1260. The number of carbonyl (C=O) groups excluding carboxylic acids is 2. The van der Waals surface area contributed by atoms with E-state index in [9.17, 15) is 18.0 Å². The van der Waals surface area contributed by atoms with Crippen molar-refractivity contribution < 1.29 is 22.4 Å². The number of amides is 2. The van der Waals surface area contributed by atoms with E-state index < -0.39 is 38.0 Å². The number of nitrogens with zero attached hydrogens (tertiary/aromatic N) is 3. The molecule has 4 atom stereocenters. The van der Waals surface area contributed by atoms with E-state index in [4.69, 9.17) is 0 Å². The van der Waals surface area contributed by atoms with Gasteiger partial charge in [0.1, 0.15) is 0 Å². The molecule has 7 nitrogen and oxygen atoms in total. The summed E-state index contributed by atoms with van der Waals surface area (Å²) in [5, 5.41) is -0.813. The second kappa shape index (κ2) is 5.96. The number of likely N-dealkylation sites (N-methyl/N-ethyl adjacent to an activating group) is 1. The van der Waals surface area contributed by atoms with Crippen molar-refractivity contribution in [1.82, 2.24) is 9.80 Å². The van der Waals surface area contributed by atoms with Gasteiger partial charge in [-0.15, -0.1) is 0 Å². The molecule has 31 heavy (non-hydrogen) atoms. The number of rotatable bonds is 2. The first-order valence-electron chi connectivity index (χ1n) is 9.56. The van der Waals surface area contributed by atoms with E-state index in [0.29, 0.717) is 0 Å². The minimum Gasteiger partial charge on any atom is -0.322 e. The summed E-state index contributed by atoms with van der Waals surface area (Å²) in [6.07, 6.45) is -1.77. The molecular formula is C20H16FN3O4S3. The van der Waals surface area contributed by atoms with Crippen LogP contribution in [0, 0.1) is 0 Å². The van der Waals surface area contributed by atoms with Crippen LogP contribution in [0.1, 0.15) is 12.0 Å². The molecule has 0 N–H and O–H groups in total. The van der Waals surface area contributed by atoms with Gasteiger partial charge < -0.3 is 4.90 Å². The van der Waals surface area contributed by atoms with Gasteiger partial charge in [0.05, 0.1) is 10.6 Å². The lowest BCUT2D eigenvalue weighted by Gasteiger charge is -2.53. The van der Waals surface area contributed by atoms with Gasteiger partial charge in [-0.25, -0.2) is 17.1 Å². The first-order valence-corrected chi connectivity index (χ1v) is 13.2. The second-order valence-electron chi connectivity index (χ2n) is 7.98. The van der Waals surface area contributed by atoms with Gasteiger partial charge in [0.2, 0.25) is 0 Å². The van der Waals surface area contributed by atoms with Gasteiger partial charge in [0.15, 0.2) is 22.1 Å². The minimum absolute atomic E-state index is 0.00454. The summed E-state index contributed by atoms with van der Waals surface area (Å²) in [5.41, 5.74) is -1.83. The molecule has 2 aromatic rings. The first-order chi connectivity index (χ1) is 14.7. The number of halogens is 1. The predicted molar refractivity (Wildman–Crippen MR) is 115 cm³/mol. The highest BCUT2D eigenvalue weighted by Gasteiger charge is 2.77. The summed E-state index contributed by atoms with van der Waals surface area (Å²) in [6, 6.07) is 14.1. The Labute approximate surface area is 186 Å². The zero-order valence-electron chi connectivity index (χ0n) is 16.1. The maximum absolute atomic E-state index is 16.9. The largest absolute Gasteiger partial charge is 0.322 e. The molecule has 0 aliphatic carbocycles. The van der Waals surface area contributed by atoms with Crippen LogP contribution in [0.5, 0.6) is 0 Å². The number of piperazine rings is 1. The van der Waals surface area contributed by atoms with E-state index >= 15 is 4.39 Å². The molecule has 5 heterocycles. The summed E-state index contributed by atoms with van der Waals surface area (Å²) in [6.45, 7) is 0. The summed E-state index contributed by atoms with van der Waals surface area (Å²) in [7, 11) is -0.307. The van der Waals surface area contributed by atoms with Gasteiger partial charge in [-0.3, -0.25) is 14.5 Å². The van der Waals surface area contributed by atoms with Gasteiger partial charge >= 0.3 is 0 Å². The van der Waals surface area contributed by atoms with Crippen LogP contribution in [-0.2, 0) is 25.3 Å². The van der Waals surface area contributed by atoms with Crippen LogP contribution < -0.4 is 4.31 Å². The van der Waals surface area contributed by atoms with Crippen molar-refractivity contribution in [1.29, 1.82) is 0 Å². The number of sulfonamides is 1. The molecule has 2 aromatic carbocycles. The van der Waals surface area contributed by atoms with Crippen molar-refractivity contribution in [3.63, 3.8) is 0 Å². The average Bonchev–Trinajstić information content (AvgIpc) is 3.18. The average molecular weight is 478 g/mol. The highest BCUT2D eigenvalue weighted by molar-refractivity contribution is 8.78. The predicted octanol–water partition coefficient (Wildman–Crippen LogP) is 2.51. The number of benzene rings is 2. The van der Waals surface area contributed by atoms with Crippen LogP contribution in [0.15, 0.2) is 59.5 Å². The molecular weight excluding hydrogens is 461 g/mol.